The molecule has 0 spiro atoms. The Morgan fingerprint density at radius 2 is 1.74 bits per heavy atom. The number of carbonyl (C=O) groups is 2. The van der Waals surface area contributed by atoms with Crippen LogP contribution in [0.25, 0.3) is 6.08 Å². The average molecular weight is 474 g/mol. The van der Waals surface area contributed by atoms with Crippen LogP contribution >= 0.6 is 12.2 Å². The molecule has 0 bridgehead atoms. The van der Waals surface area contributed by atoms with Gasteiger partial charge in [0, 0.05) is 5.56 Å². The smallest absolute Gasteiger partial charge is 0.281 e. The molecule has 0 unspecified atom stereocenters. The molecule has 1 saturated heterocycles. The van der Waals surface area contributed by atoms with E-state index < -0.39 is 5.97 Å². The lowest BCUT2D eigenvalue weighted by Gasteiger charge is -2.14. The molecule has 8 heteroatoms. The van der Waals surface area contributed by atoms with Crippen LogP contribution in [0, 0.1) is 0 Å². The number of ether oxygens (including phenoxy) is 2. The summed E-state index contributed by atoms with van der Waals surface area (Å²) in [5.74, 6) is -0.218. The minimum absolute atomic E-state index is 0.104. The van der Waals surface area contributed by atoms with Crippen molar-refractivity contribution in [2.24, 2.45) is 0 Å². The molecular formula is C26H21N2O5S-. The summed E-state index contributed by atoms with van der Waals surface area (Å²) >= 11 is 5.40. The van der Waals surface area contributed by atoms with Crippen LogP contribution in [-0.2, 0) is 11.4 Å². The number of hydrogen-bond donors (Lipinski definition) is 1. The first-order valence-electron chi connectivity index (χ1n) is 10.6. The Morgan fingerprint density at radius 1 is 1.03 bits per heavy atom. The third kappa shape index (κ3) is 5.07. The lowest BCUT2D eigenvalue weighted by atomic mass is 10.1. The summed E-state index contributed by atoms with van der Waals surface area (Å²) in [4.78, 5) is 25.4. The van der Waals surface area contributed by atoms with Gasteiger partial charge in [0.2, 0.25) is 0 Å². The second-order valence-corrected chi connectivity index (χ2v) is 7.75. The SMILES string of the molecule is CCOc1ccc(N2C(=O)/C(=C/c3ccccc3OCc3ccc(C(=O)[O-])cc3)NC2=S)cc1. The van der Waals surface area contributed by atoms with Crippen molar-refractivity contribution in [1.29, 1.82) is 0 Å². The van der Waals surface area contributed by atoms with Gasteiger partial charge in [-0.25, -0.2) is 0 Å². The summed E-state index contributed by atoms with van der Waals surface area (Å²) < 4.78 is 11.4. The number of carboxylic acid groups (broad SMARTS) is 1. The third-order valence-electron chi connectivity index (χ3n) is 5.09. The summed E-state index contributed by atoms with van der Waals surface area (Å²) in [7, 11) is 0. The van der Waals surface area contributed by atoms with Crippen LogP contribution in [0.5, 0.6) is 11.5 Å². The Hall–Kier alpha value is -4.17. The number of carbonyl (C=O) groups excluding carboxylic acids is 2. The Bertz CT molecular complexity index is 1250. The Kier molecular flexibility index (Phi) is 6.89. The zero-order valence-electron chi connectivity index (χ0n) is 18.3. The number of carboxylic acids is 1. The van der Waals surface area contributed by atoms with Gasteiger partial charge in [-0.3, -0.25) is 9.69 Å². The normalized spacial score (nSPS) is 14.3. The molecule has 0 aliphatic carbocycles. The van der Waals surface area contributed by atoms with Gasteiger partial charge in [0.15, 0.2) is 5.11 Å². The predicted molar refractivity (Wildman–Crippen MR) is 130 cm³/mol. The van der Waals surface area contributed by atoms with Crippen LogP contribution in [-0.4, -0.2) is 23.6 Å². The number of nitrogens with zero attached hydrogens (tertiary/aromatic N) is 1. The van der Waals surface area contributed by atoms with Gasteiger partial charge in [-0.15, -0.1) is 0 Å². The molecule has 0 radical (unpaired) electrons. The summed E-state index contributed by atoms with van der Waals surface area (Å²) in [6.07, 6.45) is 1.69. The Labute approximate surface area is 202 Å². The van der Waals surface area contributed by atoms with E-state index in [0.717, 1.165) is 5.56 Å². The maximum absolute atomic E-state index is 13.1. The van der Waals surface area contributed by atoms with E-state index in [1.165, 1.54) is 17.0 Å². The molecule has 1 N–H and O–H groups in total. The van der Waals surface area contributed by atoms with Gasteiger partial charge in [0.05, 0.1) is 18.3 Å². The van der Waals surface area contributed by atoms with Gasteiger partial charge in [0.1, 0.15) is 23.8 Å². The summed E-state index contributed by atoms with van der Waals surface area (Å²) in [6.45, 7) is 2.69. The molecule has 0 saturated carbocycles. The van der Waals surface area contributed by atoms with Crippen molar-refractivity contribution in [3.8, 4) is 11.5 Å². The molecule has 1 aliphatic heterocycles. The fourth-order valence-corrected chi connectivity index (χ4v) is 3.71. The zero-order chi connectivity index (χ0) is 24.1. The predicted octanol–water partition coefficient (Wildman–Crippen LogP) is 3.29. The highest BCUT2D eigenvalue weighted by Gasteiger charge is 2.32. The highest BCUT2D eigenvalue weighted by molar-refractivity contribution is 7.80. The minimum Gasteiger partial charge on any atom is -0.545 e. The van der Waals surface area contributed by atoms with Crippen LogP contribution in [0.2, 0.25) is 0 Å². The molecule has 1 fully saturated rings. The number of nitrogens with one attached hydrogen (secondary N) is 1. The standard InChI is InChI=1S/C26H22N2O5S/c1-2-32-21-13-11-20(12-14-21)28-24(29)22(27-26(28)34)15-19-5-3-4-6-23(19)33-16-17-7-9-18(10-8-17)25(30)31/h3-15H,2,16H2,1H3,(H,27,34)(H,30,31)/p-1/b22-15-. The van der Waals surface area contributed by atoms with Crippen molar-refractivity contribution in [3.05, 3.63) is 95.2 Å². The summed E-state index contributed by atoms with van der Waals surface area (Å²) in [5.41, 5.74) is 2.56. The van der Waals surface area contributed by atoms with Gasteiger partial charge < -0.3 is 24.7 Å². The Balaban J connectivity index is 1.51. The first kappa shape index (κ1) is 23.0. The van der Waals surface area contributed by atoms with Crippen molar-refractivity contribution in [3.63, 3.8) is 0 Å². The van der Waals surface area contributed by atoms with Crippen LogP contribution in [0.4, 0.5) is 5.69 Å². The maximum Gasteiger partial charge on any atom is 0.281 e. The number of amides is 1. The number of aromatic carboxylic acids is 1. The average Bonchev–Trinajstić information content (AvgIpc) is 3.12. The summed E-state index contributed by atoms with van der Waals surface area (Å²) in [6, 6.07) is 20.7. The van der Waals surface area contributed by atoms with Crippen LogP contribution in [0.1, 0.15) is 28.4 Å². The van der Waals surface area contributed by atoms with Crippen LogP contribution in [0.15, 0.2) is 78.5 Å². The second kappa shape index (κ2) is 10.2. The number of para-hydroxylation sites is 1. The molecule has 7 nitrogen and oxygen atoms in total. The lowest BCUT2D eigenvalue weighted by Crippen LogP contribution is -2.30. The second-order valence-electron chi connectivity index (χ2n) is 7.37. The van der Waals surface area contributed by atoms with Crippen LogP contribution in [0.3, 0.4) is 0 Å². The van der Waals surface area contributed by atoms with E-state index in [2.05, 4.69) is 5.32 Å². The number of benzene rings is 3. The molecule has 172 valence electrons. The van der Waals surface area contributed by atoms with Crippen molar-refractivity contribution in [2.75, 3.05) is 11.5 Å². The fourth-order valence-electron chi connectivity index (χ4n) is 3.41. The molecule has 1 amide bonds. The van der Waals surface area contributed by atoms with Gasteiger partial charge >= 0.3 is 0 Å². The lowest BCUT2D eigenvalue weighted by molar-refractivity contribution is -0.255. The van der Waals surface area contributed by atoms with E-state index in [1.807, 2.05) is 25.1 Å². The molecule has 0 atom stereocenters. The quantitative estimate of drug-likeness (QED) is 0.397. The minimum atomic E-state index is -1.23. The maximum atomic E-state index is 13.1. The molecule has 4 rings (SSSR count). The molecular weight excluding hydrogens is 452 g/mol. The van der Waals surface area contributed by atoms with E-state index in [9.17, 15) is 14.7 Å². The molecule has 3 aromatic rings. The Morgan fingerprint density at radius 3 is 2.41 bits per heavy atom. The molecule has 3 aromatic carbocycles. The van der Waals surface area contributed by atoms with Crippen molar-refractivity contribution in [2.45, 2.75) is 13.5 Å². The number of anilines is 1. The largest absolute Gasteiger partial charge is 0.545 e. The number of thiocarbonyl (C=S) groups is 1. The third-order valence-corrected chi connectivity index (χ3v) is 5.37. The number of rotatable bonds is 8. The monoisotopic (exact) mass is 473 g/mol. The highest BCUT2D eigenvalue weighted by Crippen LogP contribution is 2.27. The van der Waals surface area contributed by atoms with E-state index >= 15 is 0 Å². The van der Waals surface area contributed by atoms with E-state index in [4.69, 9.17) is 21.7 Å². The van der Waals surface area contributed by atoms with Gasteiger partial charge in [-0.05, 0) is 66.7 Å². The van der Waals surface area contributed by atoms with Crippen LogP contribution < -0.4 is 24.8 Å². The molecule has 0 aromatic heterocycles. The van der Waals surface area contributed by atoms with Gasteiger partial charge in [-0.1, -0.05) is 42.5 Å². The molecule has 34 heavy (non-hydrogen) atoms. The van der Waals surface area contributed by atoms with Gasteiger partial charge in [-0.2, -0.15) is 0 Å². The van der Waals surface area contributed by atoms with Crippen molar-refractivity contribution < 1.29 is 24.2 Å². The zero-order valence-corrected chi connectivity index (χ0v) is 19.1. The topological polar surface area (TPSA) is 90.9 Å². The highest BCUT2D eigenvalue weighted by atomic mass is 32.1. The first-order valence-corrected chi connectivity index (χ1v) is 11.0. The van der Waals surface area contributed by atoms with Crippen molar-refractivity contribution in [1.82, 2.24) is 5.32 Å². The first-order chi connectivity index (χ1) is 16.5. The number of hydrogen-bond acceptors (Lipinski definition) is 6. The van der Waals surface area contributed by atoms with Gasteiger partial charge in [0.25, 0.3) is 5.91 Å². The summed E-state index contributed by atoms with van der Waals surface area (Å²) in [5, 5.41) is 14.2. The van der Waals surface area contributed by atoms with E-state index in [0.29, 0.717) is 35.1 Å². The van der Waals surface area contributed by atoms with Crippen molar-refractivity contribution >= 4 is 41.0 Å². The van der Waals surface area contributed by atoms with E-state index in [1.54, 1.807) is 48.5 Å². The molecule has 1 aliphatic rings. The molecule has 1 heterocycles. The van der Waals surface area contributed by atoms with E-state index in [-0.39, 0.29) is 23.2 Å². The fraction of sp³-hybridized carbons (Fsp3) is 0.115.